The minimum Gasteiger partial charge on any atom is -0.390 e. The summed E-state index contributed by atoms with van der Waals surface area (Å²) in [6.07, 6.45) is 2.36. The Hall–Kier alpha value is -1.28. The van der Waals surface area contributed by atoms with E-state index in [9.17, 15) is 5.11 Å². The molecule has 0 saturated carbocycles. The predicted octanol–water partition coefficient (Wildman–Crippen LogP) is 2.39. The highest BCUT2D eigenvalue weighted by Crippen LogP contribution is 2.32. The Morgan fingerprint density at radius 3 is 3.07 bits per heavy atom. The third-order valence-electron chi connectivity index (χ3n) is 3.53. The van der Waals surface area contributed by atoms with Gasteiger partial charge in [-0.15, -0.1) is 0 Å². The van der Waals surface area contributed by atoms with Crippen molar-refractivity contribution in [2.75, 3.05) is 0 Å². The first kappa shape index (κ1) is 8.98. The molecule has 0 saturated heterocycles. The van der Waals surface area contributed by atoms with Gasteiger partial charge in [-0.1, -0.05) is 18.2 Å². The lowest BCUT2D eigenvalue weighted by Crippen LogP contribution is -2.10. The maximum Gasteiger partial charge on any atom is 0.0835 e. The van der Waals surface area contributed by atoms with Crippen molar-refractivity contribution < 1.29 is 5.11 Å². The Morgan fingerprint density at radius 2 is 2.27 bits per heavy atom. The summed E-state index contributed by atoms with van der Waals surface area (Å²) in [5, 5.41) is 10.7. The van der Waals surface area contributed by atoms with E-state index in [1.807, 2.05) is 0 Å². The van der Waals surface area contributed by atoms with Gasteiger partial charge < -0.3 is 9.67 Å². The molecule has 1 aromatic carbocycles. The summed E-state index contributed by atoms with van der Waals surface area (Å²) >= 11 is 0. The lowest BCUT2D eigenvalue weighted by molar-refractivity contribution is 0.269. The molecule has 0 bridgehead atoms. The molecule has 0 radical (unpaired) electrons. The standard InChI is InChI=1S/C13H15NO/c1-9-11-6-2-4-10-5-3-7-14(13(10)11)12(9)8-15/h2,4,6,15H,3,5,7-8H2,1H3. The molecule has 2 heterocycles. The van der Waals surface area contributed by atoms with Crippen LogP contribution in [-0.4, -0.2) is 9.67 Å². The summed E-state index contributed by atoms with van der Waals surface area (Å²) in [4.78, 5) is 0. The topological polar surface area (TPSA) is 25.2 Å². The summed E-state index contributed by atoms with van der Waals surface area (Å²) in [5.41, 5.74) is 5.13. The fraction of sp³-hybridized carbons (Fsp3) is 0.385. The summed E-state index contributed by atoms with van der Waals surface area (Å²) < 4.78 is 2.30. The first-order valence-electron chi connectivity index (χ1n) is 5.53. The minimum absolute atomic E-state index is 0.153. The van der Waals surface area contributed by atoms with Gasteiger partial charge in [-0.05, 0) is 30.9 Å². The smallest absolute Gasteiger partial charge is 0.0835 e. The molecule has 0 amide bonds. The van der Waals surface area contributed by atoms with Crippen molar-refractivity contribution in [2.24, 2.45) is 0 Å². The molecule has 1 N–H and O–H groups in total. The third kappa shape index (κ3) is 1.08. The third-order valence-corrected chi connectivity index (χ3v) is 3.53. The molecular formula is C13H15NO. The fourth-order valence-electron chi connectivity index (χ4n) is 2.79. The van der Waals surface area contributed by atoms with E-state index in [0.717, 1.165) is 12.2 Å². The second kappa shape index (κ2) is 3.11. The van der Waals surface area contributed by atoms with Crippen molar-refractivity contribution in [2.45, 2.75) is 32.9 Å². The lowest BCUT2D eigenvalue weighted by atomic mass is 10.0. The molecule has 3 rings (SSSR count). The van der Waals surface area contributed by atoms with Gasteiger partial charge in [0.2, 0.25) is 0 Å². The number of aliphatic hydroxyl groups excluding tert-OH is 1. The van der Waals surface area contributed by atoms with Gasteiger partial charge in [-0.25, -0.2) is 0 Å². The van der Waals surface area contributed by atoms with Gasteiger partial charge in [0.05, 0.1) is 12.1 Å². The van der Waals surface area contributed by atoms with E-state index in [-0.39, 0.29) is 6.61 Å². The second-order valence-corrected chi connectivity index (χ2v) is 4.30. The van der Waals surface area contributed by atoms with Crippen molar-refractivity contribution in [3.05, 3.63) is 35.0 Å². The number of para-hydroxylation sites is 1. The average Bonchev–Trinajstić information content (AvgIpc) is 2.55. The molecule has 0 atom stereocenters. The zero-order valence-electron chi connectivity index (χ0n) is 8.95. The molecule has 78 valence electrons. The molecule has 2 heteroatoms. The Balaban J connectivity index is 2.48. The van der Waals surface area contributed by atoms with Crippen molar-refractivity contribution in [3.8, 4) is 0 Å². The molecule has 1 aliphatic rings. The van der Waals surface area contributed by atoms with Gasteiger partial charge in [0.15, 0.2) is 0 Å². The molecule has 0 fully saturated rings. The van der Waals surface area contributed by atoms with Crippen LogP contribution < -0.4 is 0 Å². The number of hydrogen-bond donors (Lipinski definition) is 1. The minimum atomic E-state index is 0.153. The van der Waals surface area contributed by atoms with Crippen LogP contribution in [-0.2, 0) is 19.6 Å². The van der Waals surface area contributed by atoms with Gasteiger partial charge in [0.1, 0.15) is 0 Å². The number of aryl methyl sites for hydroxylation is 3. The molecule has 15 heavy (non-hydrogen) atoms. The van der Waals surface area contributed by atoms with Crippen molar-refractivity contribution in [1.82, 2.24) is 4.57 Å². The van der Waals surface area contributed by atoms with Crippen LogP contribution in [0.4, 0.5) is 0 Å². The maximum atomic E-state index is 9.43. The number of benzene rings is 1. The quantitative estimate of drug-likeness (QED) is 0.753. The Labute approximate surface area is 89.1 Å². The average molecular weight is 201 g/mol. The van der Waals surface area contributed by atoms with Crippen molar-refractivity contribution in [3.63, 3.8) is 0 Å². The van der Waals surface area contributed by atoms with E-state index in [1.54, 1.807) is 0 Å². The number of rotatable bonds is 1. The maximum absolute atomic E-state index is 9.43. The fourth-order valence-corrected chi connectivity index (χ4v) is 2.79. The summed E-state index contributed by atoms with van der Waals surface area (Å²) in [5.74, 6) is 0. The van der Waals surface area contributed by atoms with E-state index in [4.69, 9.17) is 0 Å². The SMILES string of the molecule is Cc1c(CO)n2c3c(cccc13)CCC2. The van der Waals surface area contributed by atoms with E-state index in [2.05, 4.69) is 29.7 Å². The highest BCUT2D eigenvalue weighted by molar-refractivity contribution is 5.88. The summed E-state index contributed by atoms with van der Waals surface area (Å²) in [7, 11) is 0. The van der Waals surface area contributed by atoms with Crippen LogP contribution in [0.5, 0.6) is 0 Å². The first-order chi connectivity index (χ1) is 7.33. The Morgan fingerprint density at radius 1 is 1.40 bits per heavy atom. The van der Waals surface area contributed by atoms with Crippen LogP contribution in [0.1, 0.15) is 23.2 Å². The number of aromatic nitrogens is 1. The number of nitrogens with zero attached hydrogens (tertiary/aromatic N) is 1. The largest absolute Gasteiger partial charge is 0.390 e. The highest BCUT2D eigenvalue weighted by atomic mass is 16.3. The van der Waals surface area contributed by atoms with Gasteiger partial charge in [-0.2, -0.15) is 0 Å². The van der Waals surface area contributed by atoms with Crippen LogP contribution in [0.15, 0.2) is 18.2 Å². The Kier molecular flexibility index (Phi) is 1.86. The molecule has 1 aliphatic heterocycles. The van der Waals surface area contributed by atoms with Crippen LogP contribution in [0, 0.1) is 6.92 Å². The zero-order chi connectivity index (χ0) is 10.4. The molecule has 2 nitrogen and oxygen atoms in total. The van der Waals surface area contributed by atoms with Crippen molar-refractivity contribution in [1.29, 1.82) is 0 Å². The molecule has 2 aromatic rings. The Bertz CT molecular complexity index is 525. The van der Waals surface area contributed by atoms with Crippen LogP contribution in [0.2, 0.25) is 0 Å². The molecule has 1 aromatic heterocycles. The van der Waals surface area contributed by atoms with Gasteiger partial charge >= 0.3 is 0 Å². The van der Waals surface area contributed by atoms with Gasteiger partial charge in [-0.3, -0.25) is 0 Å². The highest BCUT2D eigenvalue weighted by Gasteiger charge is 2.18. The molecular weight excluding hydrogens is 186 g/mol. The summed E-state index contributed by atoms with van der Waals surface area (Å²) in [6, 6.07) is 6.50. The normalized spacial score (nSPS) is 14.8. The predicted molar refractivity (Wildman–Crippen MR) is 60.9 cm³/mol. The molecule has 0 spiro atoms. The first-order valence-corrected chi connectivity index (χ1v) is 5.53. The summed E-state index contributed by atoms with van der Waals surface area (Å²) in [6.45, 7) is 3.32. The number of aliphatic hydroxyl groups is 1. The van der Waals surface area contributed by atoms with E-state index in [0.29, 0.717) is 0 Å². The zero-order valence-corrected chi connectivity index (χ0v) is 8.95. The van der Waals surface area contributed by atoms with E-state index < -0.39 is 0 Å². The van der Waals surface area contributed by atoms with Crippen LogP contribution >= 0.6 is 0 Å². The molecule has 0 aliphatic carbocycles. The monoisotopic (exact) mass is 201 g/mol. The second-order valence-electron chi connectivity index (χ2n) is 4.30. The van der Waals surface area contributed by atoms with Crippen LogP contribution in [0.25, 0.3) is 10.9 Å². The number of hydrogen-bond acceptors (Lipinski definition) is 1. The van der Waals surface area contributed by atoms with Crippen molar-refractivity contribution >= 4 is 10.9 Å². The van der Waals surface area contributed by atoms with Gasteiger partial charge in [0, 0.05) is 17.6 Å². The van der Waals surface area contributed by atoms with Crippen LogP contribution in [0.3, 0.4) is 0 Å². The van der Waals surface area contributed by atoms with Gasteiger partial charge in [0.25, 0.3) is 0 Å². The van der Waals surface area contributed by atoms with E-state index in [1.165, 1.54) is 34.9 Å². The lowest BCUT2D eigenvalue weighted by Gasteiger charge is -2.17. The molecule has 0 unspecified atom stereocenters. The van der Waals surface area contributed by atoms with E-state index >= 15 is 0 Å².